The standard InChI is InChI=1S/C16H33N3O/c1-14(2)12-19(13-15(3,4)20-14)16(11-17)7-6-9-18(5)10-8-16/h6-13,17H2,1-5H3. The number of ether oxygens (including phenoxy) is 1. The van der Waals surface area contributed by atoms with Crippen LogP contribution in [-0.4, -0.2) is 66.3 Å². The summed E-state index contributed by atoms with van der Waals surface area (Å²) in [5.74, 6) is 0. The molecule has 0 radical (unpaired) electrons. The van der Waals surface area contributed by atoms with Gasteiger partial charge in [-0.3, -0.25) is 4.90 Å². The molecular weight excluding hydrogens is 250 g/mol. The molecule has 1 unspecified atom stereocenters. The second-order valence-electron chi connectivity index (χ2n) is 8.06. The van der Waals surface area contributed by atoms with E-state index in [1.165, 1.54) is 25.8 Å². The van der Waals surface area contributed by atoms with Crippen molar-refractivity contribution in [3.63, 3.8) is 0 Å². The molecule has 0 aromatic carbocycles. The van der Waals surface area contributed by atoms with Crippen LogP contribution in [0.2, 0.25) is 0 Å². The molecule has 0 aromatic rings. The minimum atomic E-state index is -0.0951. The van der Waals surface area contributed by atoms with Crippen molar-refractivity contribution in [2.75, 3.05) is 39.8 Å². The summed E-state index contributed by atoms with van der Waals surface area (Å²) >= 11 is 0. The Morgan fingerprint density at radius 2 is 1.60 bits per heavy atom. The number of hydrogen-bond acceptors (Lipinski definition) is 4. The molecule has 4 heteroatoms. The molecule has 20 heavy (non-hydrogen) atoms. The number of nitrogens with two attached hydrogens (primary N) is 1. The van der Waals surface area contributed by atoms with E-state index in [9.17, 15) is 0 Å². The average molecular weight is 283 g/mol. The van der Waals surface area contributed by atoms with Crippen molar-refractivity contribution in [2.24, 2.45) is 5.73 Å². The van der Waals surface area contributed by atoms with Crippen LogP contribution in [0.5, 0.6) is 0 Å². The monoisotopic (exact) mass is 283 g/mol. The normalized spacial score (nSPS) is 35.7. The molecule has 0 aliphatic carbocycles. The Morgan fingerprint density at radius 3 is 2.15 bits per heavy atom. The Labute approximate surface area is 124 Å². The topological polar surface area (TPSA) is 41.7 Å². The lowest BCUT2D eigenvalue weighted by Crippen LogP contribution is -2.66. The van der Waals surface area contributed by atoms with Gasteiger partial charge < -0.3 is 15.4 Å². The first kappa shape index (κ1) is 16.2. The van der Waals surface area contributed by atoms with Gasteiger partial charge in [0.15, 0.2) is 0 Å². The smallest absolute Gasteiger partial charge is 0.0761 e. The molecule has 2 N–H and O–H groups in total. The Kier molecular flexibility index (Phi) is 4.51. The second-order valence-corrected chi connectivity index (χ2v) is 8.06. The summed E-state index contributed by atoms with van der Waals surface area (Å²) in [6.07, 6.45) is 3.62. The zero-order chi connectivity index (χ0) is 15.0. The van der Waals surface area contributed by atoms with Gasteiger partial charge in [-0.1, -0.05) is 0 Å². The van der Waals surface area contributed by atoms with Crippen molar-refractivity contribution in [2.45, 2.75) is 63.7 Å². The predicted octanol–water partition coefficient (Wildman–Crippen LogP) is 1.69. The highest BCUT2D eigenvalue weighted by Gasteiger charge is 2.46. The molecule has 2 saturated heterocycles. The first-order valence-electron chi connectivity index (χ1n) is 8.02. The Bertz CT molecular complexity index is 327. The van der Waals surface area contributed by atoms with Crippen molar-refractivity contribution >= 4 is 0 Å². The Balaban J connectivity index is 2.21. The SMILES string of the molecule is CN1CCCC(CN)(N2CC(C)(C)OC(C)(C)C2)CC1. The van der Waals surface area contributed by atoms with E-state index in [1.807, 2.05) is 0 Å². The minimum absolute atomic E-state index is 0.0951. The maximum atomic E-state index is 6.26. The number of hydrogen-bond donors (Lipinski definition) is 1. The van der Waals surface area contributed by atoms with Crippen LogP contribution in [0, 0.1) is 0 Å². The van der Waals surface area contributed by atoms with E-state index in [0.29, 0.717) is 0 Å². The second kappa shape index (κ2) is 5.56. The van der Waals surface area contributed by atoms with Gasteiger partial charge in [0.25, 0.3) is 0 Å². The summed E-state index contributed by atoms with van der Waals surface area (Å²) in [4.78, 5) is 5.07. The summed E-state index contributed by atoms with van der Waals surface area (Å²) in [5, 5.41) is 0. The summed E-state index contributed by atoms with van der Waals surface area (Å²) < 4.78 is 6.23. The van der Waals surface area contributed by atoms with Gasteiger partial charge in [-0.05, 0) is 67.1 Å². The molecule has 2 heterocycles. The van der Waals surface area contributed by atoms with E-state index in [-0.39, 0.29) is 16.7 Å². The number of likely N-dealkylation sites (tertiary alicyclic amines) is 1. The van der Waals surface area contributed by atoms with Gasteiger partial charge in [0.1, 0.15) is 0 Å². The molecule has 4 nitrogen and oxygen atoms in total. The molecule has 0 aromatic heterocycles. The number of rotatable bonds is 2. The predicted molar refractivity (Wildman–Crippen MR) is 83.9 cm³/mol. The van der Waals surface area contributed by atoms with Gasteiger partial charge in [0, 0.05) is 25.2 Å². The fourth-order valence-electron chi connectivity index (χ4n) is 4.09. The molecule has 118 valence electrons. The third kappa shape index (κ3) is 3.53. The van der Waals surface area contributed by atoms with E-state index in [4.69, 9.17) is 10.5 Å². The molecule has 2 aliphatic rings. The van der Waals surface area contributed by atoms with Crippen molar-refractivity contribution in [1.29, 1.82) is 0 Å². The molecule has 2 rings (SSSR count). The number of morpholine rings is 1. The molecule has 2 aliphatic heterocycles. The molecule has 0 spiro atoms. The zero-order valence-corrected chi connectivity index (χ0v) is 14.0. The van der Waals surface area contributed by atoms with Crippen LogP contribution in [-0.2, 0) is 4.74 Å². The lowest BCUT2D eigenvalue weighted by atomic mass is 9.84. The molecule has 0 amide bonds. The van der Waals surface area contributed by atoms with Crippen LogP contribution in [0.4, 0.5) is 0 Å². The molecule has 0 bridgehead atoms. The molecular formula is C16H33N3O. The van der Waals surface area contributed by atoms with Gasteiger partial charge in [0.2, 0.25) is 0 Å². The highest BCUT2D eigenvalue weighted by atomic mass is 16.5. The van der Waals surface area contributed by atoms with E-state index in [1.54, 1.807) is 0 Å². The van der Waals surface area contributed by atoms with Gasteiger partial charge in [-0.2, -0.15) is 0 Å². The molecule has 0 saturated carbocycles. The largest absolute Gasteiger partial charge is 0.367 e. The third-order valence-electron chi connectivity index (χ3n) is 4.89. The fourth-order valence-corrected chi connectivity index (χ4v) is 4.09. The fraction of sp³-hybridized carbons (Fsp3) is 1.00. The summed E-state index contributed by atoms with van der Waals surface area (Å²) in [6.45, 7) is 13.9. The van der Waals surface area contributed by atoms with Gasteiger partial charge in [0.05, 0.1) is 11.2 Å². The van der Waals surface area contributed by atoms with Crippen molar-refractivity contribution in [3.8, 4) is 0 Å². The highest BCUT2D eigenvalue weighted by Crippen LogP contribution is 2.36. The maximum absolute atomic E-state index is 6.26. The zero-order valence-electron chi connectivity index (χ0n) is 14.0. The third-order valence-corrected chi connectivity index (χ3v) is 4.89. The van der Waals surface area contributed by atoms with Crippen molar-refractivity contribution in [3.05, 3.63) is 0 Å². The van der Waals surface area contributed by atoms with Crippen molar-refractivity contribution in [1.82, 2.24) is 9.80 Å². The summed E-state index contributed by atoms with van der Waals surface area (Å²) in [7, 11) is 2.22. The van der Waals surface area contributed by atoms with E-state index < -0.39 is 0 Å². The summed E-state index contributed by atoms with van der Waals surface area (Å²) in [6, 6.07) is 0. The van der Waals surface area contributed by atoms with Gasteiger partial charge >= 0.3 is 0 Å². The Hall–Kier alpha value is -0.160. The summed E-state index contributed by atoms with van der Waals surface area (Å²) in [5.41, 5.74) is 6.23. The maximum Gasteiger partial charge on any atom is 0.0761 e. The minimum Gasteiger partial charge on any atom is -0.367 e. The van der Waals surface area contributed by atoms with Gasteiger partial charge in [-0.15, -0.1) is 0 Å². The van der Waals surface area contributed by atoms with E-state index >= 15 is 0 Å². The Morgan fingerprint density at radius 1 is 1.00 bits per heavy atom. The van der Waals surface area contributed by atoms with Crippen LogP contribution >= 0.6 is 0 Å². The van der Waals surface area contributed by atoms with Crippen LogP contribution < -0.4 is 5.73 Å². The molecule has 2 fully saturated rings. The van der Waals surface area contributed by atoms with E-state index in [2.05, 4.69) is 44.5 Å². The first-order chi connectivity index (χ1) is 9.18. The van der Waals surface area contributed by atoms with Crippen molar-refractivity contribution < 1.29 is 4.74 Å². The lowest BCUT2D eigenvalue weighted by Gasteiger charge is -2.54. The molecule has 1 atom stereocenters. The van der Waals surface area contributed by atoms with Crippen LogP contribution in [0.3, 0.4) is 0 Å². The quantitative estimate of drug-likeness (QED) is 0.837. The first-order valence-corrected chi connectivity index (χ1v) is 8.02. The average Bonchev–Trinajstić information content (AvgIpc) is 2.48. The number of nitrogens with zero attached hydrogens (tertiary/aromatic N) is 2. The van der Waals surface area contributed by atoms with Gasteiger partial charge in [-0.25, -0.2) is 0 Å². The van der Waals surface area contributed by atoms with Crippen LogP contribution in [0.15, 0.2) is 0 Å². The lowest BCUT2D eigenvalue weighted by molar-refractivity contribution is -0.200. The van der Waals surface area contributed by atoms with Crippen LogP contribution in [0.25, 0.3) is 0 Å². The van der Waals surface area contributed by atoms with E-state index in [0.717, 1.165) is 26.2 Å². The highest BCUT2D eigenvalue weighted by molar-refractivity contribution is 5.01. The van der Waals surface area contributed by atoms with Crippen LogP contribution in [0.1, 0.15) is 47.0 Å².